The van der Waals surface area contributed by atoms with Crippen molar-refractivity contribution in [2.45, 2.75) is 80.9 Å². The highest BCUT2D eigenvalue weighted by Gasteiger charge is 2.37. The molecule has 3 aliphatic rings. The second-order valence-corrected chi connectivity index (χ2v) is 14.1. The molecule has 13 heteroatoms. The van der Waals surface area contributed by atoms with Crippen molar-refractivity contribution in [2.75, 3.05) is 25.0 Å². The van der Waals surface area contributed by atoms with E-state index >= 15 is 0 Å². The number of nitrogens with zero attached hydrogens (tertiary/aromatic N) is 4. The standard InChI is InChI=1S/C27H35N5O6S2/c1-17-15-31(11-12-32(17)18(2)33)16-22-14-28-27(39-22)29-26(35)25(30-38-21-6-5-20(34)13-21)19-3-7-23(8-4-19)40(36,37)24-9-10-24/h3-4,7-8,14,17,20-21,24,34H,5-6,9-13,15-16H2,1-2H3,(H,28,29,35)/b30-25+/t17-,20+,21+/m0/s1. The molecule has 1 aromatic heterocycles. The third-order valence-electron chi connectivity index (χ3n) is 7.55. The van der Waals surface area contributed by atoms with Crippen molar-refractivity contribution in [3.05, 3.63) is 40.9 Å². The van der Waals surface area contributed by atoms with Crippen LogP contribution in [0, 0.1) is 0 Å². The fraction of sp³-hybridized carbons (Fsp3) is 0.556. The number of aliphatic hydroxyl groups excluding tert-OH is 1. The van der Waals surface area contributed by atoms with E-state index in [-0.39, 0.29) is 33.9 Å². The minimum atomic E-state index is -3.36. The quantitative estimate of drug-likeness (QED) is 0.336. The zero-order chi connectivity index (χ0) is 28.4. The number of sulfone groups is 1. The zero-order valence-corrected chi connectivity index (χ0v) is 24.3. The van der Waals surface area contributed by atoms with E-state index in [0.29, 0.717) is 55.9 Å². The minimum Gasteiger partial charge on any atom is -0.393 e. The lowest BCUT2D eigenvalue weighted by atomic mass is 10.1. The molecule has 1 aliphatic heterocycles. The Morgan fingerprint density at radius 1 is 1.18 bits per heavy atom. The van der Waals surface area contributed by atoms with Crippen LogP contribution in [0.15, 0.2) is 40.5 Å². The molecule has 5 rings (SSSR count). The molecule has 40 heavy (non-hydrogen) atoms. The lowest BCUT2D eigenvalue weighted by Gasteiger charge is -2.39. The third-order valence-corrected chi connectivity index (χ3v) is 10.7. The van der Waals surface area contributed by atoms with Crippen molar-refractivity contribution < 1.29 is 28.0 Å². The van der Waals surface area contributed by atoms with Gasteiger partial charge in [0.05, 0.1) is 16.2 Å². The first-order chi connectivity index (χ1) is 19.1. The van der Waals surface area contributed by atoms with Crippen LogP contribution in [0.25, 0.3) is 0 Å². The van der Waals surface area contributed by atoms with Crippen LogP contribution in [-0.4, -0.2) is 89.0 Å². The smallest absolute Gasteiger partial charge is 0.280 e. The van der Waals surface area contributed by atoms with Gasteiger partial charge in [0, 0.05) is 62.2 Å². The van der Waals surface area contributed by atoms with Crippen LogP contribution >= 0.6 is 11.3 Å². The number of thiazole rings is 1. The van der Waals surface area contributed by atoms with Gasteiger partial charge in [0.2, 0.25) is 5.91 Å². The van der Waals surface area contributed by atoms with Gasteiger partial charge in [-0.25, -0.2) is 13.4 Å². The van der Waals surface area contributed by atoms with Gasteiger partial charge in [-0.3, -0.25) is 19.8 Å². The SMILES string of the molecule is CC(=O)N1CCN(Cc2cnc(NC(=O)/C(=N/O[C@@H]3CC[C@@H](O)C3)c3ccc(S(=O)(=O)C4CC4)cc3)s2)C[C@@H]1C. The molecule has 2 saturated carbocycles. The summed E-state index contributed by atoms with van der Waals surface area (Å²) in [6.45, 7) is 6.49. The van der Waals surface area contributed by atoms with Gasteiger partial charge in [0.25, 0.3) is 5.91 Å². The number of oxime groups is 1. The van der Waals surface area contributed by atoms with Gasteiger partial charge in [-0.15, -0.1) is 11.3 Å². The summed E-state index contributed by atoms with van der Waals surface area (Å²) >= 11 is 1.36. The summed E-state index contributed by atoms with van der Waals surface area (Å²) in [6.07, 6.45) is 4.00. The molecule has 2 aromatic rings. The van der Waals surface area contributed by atoms with Gasteiger partial charge in [0.15, 0.2) is 20.7 Å². The van der Waals surface area contributed by atoms with Gasteiger partial charge >= 0.3 is 0 Å². The second kappa shape index (κ2) is 11.9. The Morgan fingerprint density at radius 2 is 1.93 bits per heavy atom. The Kier molecular flexibility index (Phi) is 8.55. The van der Waals surface area contributed by atoms with Crippen molar-refractivity contribution in [1.82, 2.24) is 14.8 Å². The number of amides is 2. The summed E-state index contributed by atoms with van der Waals surface area (Å²) in [4.78, 5) is 40.5. The molecular weight excluding hydrogens is 554 g/mol. The Bertz CT molecular complexity index is 1370. The Morgan fingerprint density at radius 3 is 2.55 bits per heavy atom. The molecule has 2 N–H and O–H groups in total. The number of hydrogen-bond acceptors (Lipinski definition) is 10. The molecule has 0 bridgehead atoms. The highest BCUT2D eigenvalue weighted by molar-refractivity contribution is 7.92. The lowest BCUT2D eigenvalue weighted by molar-refractivity contribution is -0.133. The first-order valence-corrected chi connectivity index (χ1v) is 16.0. The van der Waals surface area contributed by atoms with Gasteiger partial charge in [-0.05, 0) is 44.7 Å². The predicted molar refractivity (Wildman–Crippen MR) is 151 cm³/mol. The number of rotatable bonds is 9. The maximum atomic E-state index is 13.4. The molecule has 11 nitrogen and oxygen atoms in total. The fourth-order valence-electron chi connectivity index (χ4n) is 5.20. The van der Waals surface area contributed by atoms with E-state index in [0.717, 1.165) is 18.0 Å². The highest BCUT2D eigenvalue weighted by Crippen LogP contribution is 2.33. The highest BCUT2D eigenvalue weighted by atomic mass is 32.2. The van der Waals surface area contributed by atoms with Crippen LogP contribution in [0.4, 0.5) is 5.13 Å². The Labute approximate surface area is 238 Å². The summed E-state index contributed by atoms with van der Waals surface area (Å²) in [7, 11) is -3.36. The summed E-state index contributed by atoms with van der Waals surface area (Å²) in [5.74, 6) is -0.444. The molecule has 0 unspecified atom stereocenters. The van der Waals surface area contributed by atoms with Crippen molar-refractivity contribution >= 4 is 43.8 Å². The van der Waals surface area contributed by atoms with Crippen LogP contribution in [0.2, 0.25) is 0 Å². The number of benzene rings is 1. The molecule has 216 valence electrons. The molecule has 2 amide bonds. The van der Waals surface area contributed by atoms with Crippen LogP contribution in [0.5, 0.6) is 0 Å². The first-order valence-electron chi connectivity index (χ1n) is 13.6. The van der Waals surface area contributed by atoms with Gasteiger partial charge < -0.3 is 14.8 Å². The number of anilines is 1. The van der Waals surface area contributed by atoms with E-state index in [9.17, 15) is 23.1 Å². The van der Waals surface area contributed by atoms with E-state index in [1.54, 1.807) is 25.3 Å². The molecule has 1 saturated heterocycles. The average molecular weight is 590 g/mol. The largest absolute Gasteiger partial charge is 0.393 e. The van der Waals surface area contributed by atoms with E-state index in [4.69, 9.17) is 4.84 Å². The number of nitrogens with one attached hydrogen (secondary N) is 1. The maximum Gasteiger partial charge on any atom is 0.280 e. The minimum absolute atomic E-state index is 0.00249. The summed E-state index contributed by atoms with van der Waals surface area (Å²) in [6, 6.07) is 6.26. The van der Waals surface area contributed by atoms with Crippen molar-refractivity contribution in [3.63, 3.8) is 0 Å². The number of aliphatic hydroxyl groups is 1. The van der Waals surface area contributed by atoms with Gasteiger partial charge in [-0.2, -0.15) is 0 Å². The molecule has 3 fully saturated rings. The van der Waals surface area contributed by atoms with Crippen LogP contribution in [-0.2, 0) is 30.8 Å². The molecular formula is C27H35N5O6S2. The molecule has 2 aliphatic carbocycles. The number of aromatic nitrogens is 1. The second-order valence-electron chi connectivity index (χ2n) is 10.8. The number of carbonyl (C=O) groups excluding carboxylic acids is 2. The molecule has 0 spiro atoms. The van der Waals surface area contributed by atoms with Crippen molar-refractivity contribution in [1.29, 1.82) is 0 Å². The van der Waals surface area contributed by atoms with Crippen molar-refractivity contribution in [3.8, 4) is 0 Å². The van der Waals surface area contributed by atoms with Crippen molar-refractivity contribution in [2.24, 2.45) is 5.16 Å². The van der Waals surface area contributed by atoms with Gasteiger partial charge in [0.1, 0.15) is 6.10 Å². The zero-order valence-electron chi connectivity index (χ0n) is 22.7. The molecule has 1 aromatic carbocycles. The average Bonchev–Trinajstić information content (AvgIpc) is 3.57. The molecule has 2 heterocycles. The van der Waals surface area contributed by atoms with Crippen LogP contribution in [0.1, 0.15) is 56.4 Å². The van der Waals surface area contributed by atoms with E-state index < -0.39 is 21.8 Å². The van der Waals surface area contributed by atoms with E-state index in [1.807, 2.05) is 11.8 Å². The Hall–Kier alpha value is -2.87. The third kappa shape index (κ3) is 6.70. The van der Waals surface area contributed by atoms with Crippen LogP contribution < -0.4 is 5.32 Å². The number of piperazine rings is 1. The topological polar surface area (TPSA) is 142 Å². The molecule has 3 atom stereocenters. The van der Waals surface area contributed by atoms with Gasteiger partial charge in [-0.1, -0.05) is 17.3 Å². The summed E-state index contributed by atoms with van der Waals surface area (Å²) in [5, 5.41) is 16.9. The first kappa shape index (κ1) is 28.7. The van der Waals surface area contributed by atoms with E-state index in [1.165, 1.54) is 23.5 Å². The van der Waals surface area contributed by atoms with E-state index in [2.05, 4.69) is 20.4 Å². The van der Waals surface area contributed by atoms with Crippen LogP contribution in [0.3, 0.4) is 0 Å². The number of carbonyl (C=O) groups is 2. The number of hydrogen-bond donors (Lipinski definition) is 2. The molecule has 0 radical (unpaired) electrons. The normalized spacial score (nSPS) is 24.2. The predicted octanol–water partition coefficient (Wildman–Crippen LogP) is 2.40. The lowest BCUT2D eigenvalue weighted by Crippen LogP contribution is -2.52. The summed E-state index contributed by atoms with van der Waals surface area (Å²) < 4.78 is 25.2. The maximum absolute atomic E-state index is 13.4. The fourth-order valence-corrected chi connectivity index (χ4v) is 7.71. The monoisotopic (exact) mass is 589 g/mol. The summed E-state index contributed by atoms with van der Waals surface area (Å²) in [5.41, 5.74) is 0.419. The Balaban J connectivity index is 1.27.